The molecule has 7 nitrogen and oxygen atoms in total. The Morgan fingerprint density at radius 3 is 0.903 bits per heavy atom. The van der Waals surface area contributed by atoms with Gasteiger partial charge in [0, 0.05) is 24.3 Å². The molecule has 0 radical (unpaired) electrons. The molecule has 0 saturated carbocycles. The molecule has 0 aliphatic rings. The molecule has 2 aromatic rings. The first-order chi connectivity index (χ1) is 14.5. The molecule has 0 aliphatic carbocycles. The summed E-state index contributed by atoms with van der Waals surface area (Å²) in [6.07, 6.45) is -0.690. The highest BCUT2D eigenvalue weighted by Gasteiger charge is 2.24. The predicted molar refractivity (Wildman–Crippen MR) is 119 cm³/mol. The maximum Gasteiger partial charge on any atom is 0.211 e. The lowest BCUT2D eigenvalue weighted by Crippen LogP contribution is -2.12. The van der Waals surface area contributed by atoms with Crippen LogP contribution in [0.3, 0.4) is 0 Å². The number of hydrogen-bond donors (Lipinski definition) is 2. The SMILES string of the molecule is CC(C)Oc1cc(O)cc(OC(C)C)c1Oc1c(OC(C)C)cc(O)cc1OC(C)C. The van der Waals surface area contributed by atoms with E-state index >= 15 is 0 Å². The highest BCUT2D eigenvalue weighted by molar-refractivity contribution is 5.62. The van der Waals surface area contributed by atoms with Gasteiger partial charge in [0.25, 0.3) is 0 Å². The fourth-order valence-corrected chi connectivity index (χ4v) is 2.79. The molecule has 2 N–H and O–H groups in total. The van der Waals surface area contributed by atoms with Crippen molar-refractivity contribution in [3.05, 3.63) is 24.3 Å². The topological polar surface area (TPSA) is 86.6 Å². The monoisotopic (exact) mass is 434 g/mol. The van der Waals surface area contributed by atoms with Crippen molar-refractivity contribution in [2.45, 2.75) is 79.8 Å². The van der Waals surface area contributed by atoms with Crippen molar-refractivity contribution in [2.24, 2.45) is 0 Å². The third-order valence-electron chi connectivity index (χ3n) is 3.67. The Hall–Kier alpha value is -2.96. The quantitative estimate of drug-likeness (QED) is 0.471. The largest absolute Gasteiger partial charge is 0.508 e. The highest BCUT2D eigenvalue weighted by atomic mass is 16.6. The van der Waals surface area contributed by atoms with Crippen molar-refractivity contribution >= 4 is 0 Å². The zero-order chi connectivity index (χ0) is 23.3. The summed E-state index contributed by atoms with van der Waals surface area (Å²) in [5, 5.41) is 20.4. The second-order valence-corrected chi connectivity index (χ2v) is 8.31. The first-order valence-electron chi connectivity index (χ1n) is 10.5. The van der Waals surface area contributed by atoms with Crippen molar-refractivity contribution in [1.82, 2.24) is 0 Å². The standard InChI is InChI=1S/C24H34O7/c1-13(2)27-19-9-17(25)10-20(28-14(3)4)23(19)31-24-21(29-15(5)6)11-18(26)12-22(24)30-16(7)8/h9-16,25-26H,1-8H3. The average molecular weight is 435 g/mol. The van der Waals surface area contributed by atoms with Gasteiger partial charge in [-0.15, -0.1) is 0 Å². The van der Waals surface area contributed by atoms with Crippen LogP contribution in [0.25, 0.3) is 0 Å². The van der Waals surface area contributed by atoms with Crippen LogP contribution in [0.2, 0.25) is 0 Å². The minimum atomic E-state index is -0.173. The van der Waals surface area contributed by atoms with Gasteiger partial charge in [-0.1, -0.05) is 0 Å². The fraction of sp³-hybridized carbons (Fsp3) is 0.500. The molecule has 0 heterocycles. The molecule has 0 atom stereocenters. The predicted octanol–water partition coefficient (Wildman–Crippen LogP) is 6.04. The van der Waals surface area contributed by atoms with Gasteiger partial charge in [0.05, 0.1) is 24.4 Å². The van der Waals surface area contributed by atoms with Gasteiger partial charge >= 0.3 is 0 Å². The van der Waals surface area contributed by atoms with E-state index in [4.69, 9.17) is 23.7 Å². The van der Waals surface area contributed by atoms with Gasteiger partial charge in [0.15, 0.2) is 23.0 Å². The zero-order valence-corrected chi connectivity index (χ0v) is 19.6. The lowest BCUT2D eigenvalue weighted by molar-refractivity contribution is 0.197. The maximum absolute atomic E-state index is 10.2. The molecule has 2 rings (SSSR count). The van der Waals surface area contributed by atoms with Crippen molar-refractivity contribution in [3.63, 3.8) is 0 Å². The maximum atomic E-state index is 10.2. The van der Waals surface area contributed by atoms with Gasteiger partial charge < -0.3 is 33.9 Å². The van der Waals surface area contributed by atoms with Crippen LogP contribution in [0.5, 0.6) is 46.0 Å². The summed E-state index contributed by atoms with van der Waals surface area (Å²) in [6.45, 7) is 15.0. The Kier molecular flexibility index (Phi) is 8.14. The van der Waals surface area contributed by atoms with Crippen molar-refractivity contribution in [3.8, 4) is 46.0 Å². The van der Waals surface area contributed by atoms with Crippen LogP contribution in [0.4, 0.5) is 0 Å². The summed E-state index contributed by atoms with van der Waals surface area (Å²) in [5.41, 5.74) is 0. The van der Waals surface area contributed by atoms with Crippen LogP contribution >= 0.6 is 0 Å². The molecule has 2 aromatic carbocycles. The van der Waals surface area contributed by atoms with Gasteiger partial charge in [0.1, 0.15) is 11.5 Å². The van der Waals surface area contributed by atoms with Gasteiger partial charge in [0.2, 0.25) is 11.5 Å². The third-order valence-corrected chi connectivity index (χ3v) is 3.67. The smallest absolute Gasteiger partial charge is 0.211 e. The molecule has 0 fully saturated rings. The normalized spacial score (nSPS) is 11.4. The zero-order valence-electron chi connectivity index (χ0n) is 19.6. The van der Waals surface area contributed by atoms with Crippen molar-refractivity contribution in [2.75, 3.05) is 0 Å². The van der Waals surface area contributed by atoms with Crippen LogP contribution in [-0.2, 0) is 0 Å². The summed E-state index contributed by atoms with van der Waals surface area (Å²) < 4.78 is 29.9. The molecule has 0 aromatic heterocycles. The van der Waals surface area contributed by atoms with Gasteiger partial charge in [-0.05, 0) is 55.4 Å². The molecule has 0 saturated heterocycles. The van der Waals surface area contributed by atoms with Gasteiger partial charge in [-0.2, -0.15) is 0 Å². The Morgan fingerprint density at radius 2 is 0.710 bits per heavy atom. The van der Waals surface area contributed by atoms with E-state index in [1.807, 2.05) is 55.4 Å². The summed E-state index contributed by atoms with van der Waals surface area (Å²) in [6, 6.07) is 5.87. The number of rotatable bonds is 10. The minimum absolute atomic E-state index is 0.0123. The van der Waals surface area contributed by atoms with E-state index in [2.05, 4.69) is 0 Å². The summed E-state index contributed by atoms with van der Waals surface area (Å²) in [4.78, 5) is 0. The molecular weight excluding hydrogens is 400 g/mol. The Balaban J connectivity index is 2.69. The number of ether oxygens (including phenoxy) is 5. The molecule has 172 valence electrons. The van der Waals surface area contributed by atoms with E-state index in [0.29, 0.717) is 23.0 Å². The molecule has 7 heteroatoms. The van der Waals surface area contributed by atoms with Crippen LogP contribution in [0, 0.1) is 0 Å². The van der Waals surface area contributed by atoms with Crippen molar-refractivity contribution < 1.29 is 33.9 Å². The van der Waals surface area contributed by atoms with Crippen LogP contribution in [-0.4, -0.2) is 34.6 Å². The Morgan fingerprint density at radius 1 is 0.484 bits per heavy atom. The number of hydrogen-bond acceptors (Lipinski definition) is 7. The lowest BCUT2D eigenvalue weighted by atomic mass is 10.2. The van der Waals surface area contributed by atoms with E-state index in [1.54, 1.807) is 0 Å². The van der Waals surface area contributed by atoms with E-state index in [9.17, 15) is 10.2 Å². The Bertz CT molecular complexity index is 739. The molecule has 0 amide bonds. The Labute approximate surface area is 184 Å². The van der Waals surface area contributed by atoms with Crippen LogP contribution in [0.1, 0.15) is 55.4 Å². The summed E-state index contributed by atoms with van der Waals surface area (Å²) in [7, 11) is 0. The molecule has 0 bridgehead atoms. The van der Waals surface area contributed by atoms with Gasteiger partial charge in [-0.25, -0.2) is 0 Å². The van der Waals surface area contributed by atoms with E-state index in [0.717, 1.165) is 0 Å². The van der Waals surface area contributed by atoms with E-state index in [1.165, 1.54) is 24.3 Å². The number of benzene rings is 2. The average Bonchev–Trinajstić information content (AvgIpc) is 2.57. The lowest BCUT2D eigenvalue weighted by Gasteiger charge is -2.23. The van der Waals surface area contributed by atoms with Crippen LogP contribution < -0.4 is 23.7 Å². The molecule has 31 heavy (non-hydrogen) atoms. The minimum Gasteiger partial charge on any atom is -0.508 e. The summed E-state index contributed by atoms with van der Waals surface area (Å²) in [5.74, 6) is 1.76. The van der Waals surface area contributed by atoms with E-state index in [-0.39, 0.29) is 47.4 Å². The molecule has 0 spiro atoms. The van der Waals surface area contributed by atoms with E-state index < -0.39 is 0 Å². The van der Waals surface area contributed by atoms with Crippen LogP contribution in [0.15, 0.2) is 24.3 Å². The highest BCUT2D eigenvalue weighted by Crippen LogP contribution is 2.50. The first-order valence-corrected chi connectivity index (χ1v) is 10.5. The number of phenolic OH excluding ortho intramolecular Hbond substituents is 2. The summed E-state index contributed by atoms with van der Waals surface area (Å²) >= 11 is 0. The first kappa shape index (κ1) is 24.3. The number of aromatic hydroxyl groups is 2. The van der Waals surface area contributed by atoms with Gasteiger partial charge in [-0.3, -0.25) is 0 Å². The fourth-order valence-electron chi connectivity index (χ4n) is 2.79. The second kappa shape index (κ2) is 10.4. The molecule has 0 unspecified atom stereocenters. The molecule has 0 aliphatic heterocycles. The second-order valence-electron chi connectivity index (χ2n) is 8.31. The molecular formula is C24H34O7. The number of phenols is 2. The third kappa shape index (κ3) is 7.05. The van der Waals surface area contributed by atoms with Crippen molar-refractivity contribution in [1.29, 1.82) is 0 Å².